The number of likely N-dealkylation sites (N-methyl/N-ethyl adjacent to an activating group) is 1. The predicted octanol–water partition coefficient (Wildman–Crippen LogP) is 1.25. The minimum atomic E-state index is -0.582. The van der Waals surface area contributed by atoms with E-state index in [-0.39, 0.29) is 17.2 Å². The van der Waals surface area contributed by atoms with Gasteiger partial charge in [-0.3, -0.25) is 9.59 Å². The second-order valence-electron chi connectivity index (χ2n) is 3.99. The number of halogens is 1. The van der Waals surface area contributed by atoms with Crippen molar-refractivity contribution in [2.45, 2.75) is 12.5 Å². The average molecular weight is 237 g/mol. The van der Waals surface area contributed by atoms with Crippen LogP contribution in [0.15, 0.2) is 18.2 Å². The molecule has 4 nitrogen and oxygen atoms in total. The third-order valence-electron chi connectivity index (χ3n) is 2.69. The van der Waals surface area contributed by atoms with Crippen molar-refractivity contribution < 1.29 is 18.7 Å². The number of benzene rings is 1. The molecule has 0 aliphatic carbocycles. The van der Waals surface area contributed by atoms with Crippen LogP contribution >= 0.6 is 0 Å². The zero-order valence-electron chi connectivity index (χ0n) is 9.35. The molecule has 90 valence electrons. The van der Waals surface area contributed by atoms with Gasteiger partial charge in [-0.25, -0.2) is 4.39 Å². The molecule has 1 amide bonds. The Labute approximate surface area is 98.0 Å². The highest BCUT2D eigenvalue weighted by Gasteiger charge is 2.30. The van der Waals surface area contributed by atoms with Crippen LogP contribution in [0.5, 0.6) is 5.75 Å². The van der Waals surface area contributed by atoms with Gasteiger partial charge in [-0.1, -0.05) is 0 Å². The first-order chi connectivity index (χ1) is 8.10. The van der Waals surface area contributed by atoms with E-state index in [1.165, 1.54) is 12.1 Å². The third kappa shape index (κ3) is 2.43. The molecule has 0 bridgehead atoms. The van der Waals surface area contributed by atoms with Crippen LogP contribution in [-0.4, -0.2) is 36.8 Å². The molecule has 0 N–H and O–H groups in total. The number of carbonyl (C=O) groups excluding carboxylic acids is 2. The Morgan fingerprint density at radius 1 is 1.47 bits per heavy atom. The van der Waals surface area contributed by atoms with Crippen molar-refractivity contribution in [2.75, 3.05) is 13.6 Å². The van der Waals surface area contributed by atoms with E-state index in [2.05, 4.69) is 0 Å². The third-order valence-corrected chi connectivity index (χ3v) is 2.69. The predicted molar refractivity (Wildman–Crippen MR) is 58.5 cm³/mol. The Morgan fingerprint density at radius 3 is 2.82 bits per heavy atom. The topological polar surface area (TPSA) is 46.6 Å². The number of nitrogens with zero attached hydrogens (tertiary/aromatic N) is 1. The second-order valence-corrected chi connectivity index (χ2v) is 3.99. The van der Waals surface area contributed by atoms with Gasteiger partial charge in [0.05, 0.1) is 0 Å². The number of hydrogen-bond acceptors (Lipinski definition) is 3. The van der Waals surface area contributed by atoms with E-state index < -0.39 is 11.9 Å². The number of ether oxygens (including phenoxy) is 1. The van der Waals surface area contributed by atoms with Crippen LogP contribution in [0.2, 0.25) is 0 Å². The summed E-state index contributed by atoms with van der Waals surface area (Å²) in [5, 5.41) is 0. The van der Waals surface area contributed by atoms with Crippen molar-refractivity contribution in [2.24, 2.45) is 0 Å². The number of carbonyl (C=O) groups is 2. The van der Waals surface area contributed by atoms with Gasteiger partial charge in [0.25, 0.3) is 5.91 Å². The molecule has 1 heterocycles. The van der Waals surface area contributed by atoms with Crippen LogP contribution < -0.4 is 4.74 Å². The lowest BCUT2D eigenvalue weighted by molar-refractivity contribution is -0.132. The van der Waals surface area contributed by atoms with Crippen LogP contribution in [0.1, 0.15) is 16.8 Å². The molecule has 0 aromatic heterocycles. The maximum absolute atomic E-state index is 13.1. The summed E-state index contributed by atoms with van der Waals surface area (Å²) < 4.78 is 18.5. The van der Waals surface area contributed by atoms with Gasteiger partial charge >= 0.3 is 0 Å². The fraction of sp³-hybridized carbons (Fsp3) is 0.333. The van der Waals surface area contributed by atoms with Crippen LogP contribution in [0.3, 0.4) is 0 Å². The fourth-order valence-electron chi connectivity index (χ4n) is 1.78. The molecule has 1 saturated heterocycles. The molecule has 5 heteroatoms. The standard InChI is InChI=1S/C12H12FNO3/c1-14-3-2-11(12(14)16)17-10-5-8(7-15)4-9(13)6-10/h4-7,11H,2-3H2,1H3. The fourth-order valence-corrected chi connectivity index (χ4v) is 1.78. The van der Waals surface area contributed by atoms with Crippen LogP contribution in [-0.2, 0) is 4.79 Å². The normalized spacial score (nSPS) is 19.5. The summed E-state index contributed by atoms with van der Waals surface area (Å²) in [4.78, 5) is 23.7. The van der Waals surface area contributed by atoms with Crippen molar-refractivity contribution in [1.29, 1.82) is 0 Å². The lowest BCUT2D eigenvalue weighted by Gasteiger charge is -2.13. The molecule has 0 radical (unpaired) electrons. The van der Waals surface area contributed by atoms with Crippen molar-refractivity contribution in [1.82, 2.24) is 4.90 Å². The molecule has 17 heavy (non-hydrogen) atoms. The quantitative estimate of drug-likeness (QED) is 0.743. The van der Waals surface area contributed by atoms with Crippen LogP contribution in [0.25, 0.3) is 0 Å². The summed E-state index contributed by atoms with van der Waals surface area (Å²) in [7, 11) is 1.69. The first-order valence-electron chi connectivity index (χ1n) is 5.27. The van der Waals surface area contributed by atoms with Crippen molar-refractivity contribution in [3.8, 4) is 5.75 Å². The van der Waals surface area contributed by atoms with Gasteiger partial charge in [0.15, 0.2) is 6.10 Å². The number of rotatable bonds is 3. The number of amides is 1. The summed E-state index contributed by atoms with van der Waals surface area (Å²) in [5.74, 6) is -0.467. The number of hydrogen-bond donors (Lipinski definition) is 0. The summed E-state index contributed by atoms with van der Waals surface area (Å²) in [6.45, 7) is 0.624. The van der Waals surface area contributed by atoms with Gasteiger partial charge in [0.2, 0.25) is 0 Å². The molecule has 2 rings (SSSR count). The van der Waals surface area contributed by atoms with Gasteiger partial charge in [0, 0.05) is 31.6 Å². The lowest BCUT2D eigenvalue weighted by Crippen LogP contribution is -2.29. The minimum Gasteiger partial charge on any atom is -0.480 e. The molecule has 1 aromatic rings. The Hall–Kier alpha value is -1.91. The van der Waals surface area contributed by atoms with E-state index in [1.807, 2.05) is 0 Å². The zero-order chi connectivity index (χ0) is 12.4. The summed E-state index contributed by atoms with van der Waals surface area (Å²) in [6.07, 6.45) is 0.530. The van der Waals surface area contributed by atoms with E-state index in [9.17, 15) is 14.0 Å². The molecule has 0 spiro atoms. The molecule has 1 atom stereocenters. The Kier molecular flexibility index (Phi) is 3.08. The van der Waals surface area contributed by atoms with Gasteiger partial charge in [-0.2, -0.15) is 0 Å². The van der Waals surface area contributed by atoms with Crippen molar-refractivity contribution in [3.63, 3.8) is 0 Å². The van der Waals surface area contributed by atoms with Gasteiger partial charge in [0.1, 0.15) is 17.9 Å². The highest BCUT2D eigenvalue weighted by atomic mass is 19.1. The Bertz CT molecular complexity index is 461. The van der Waals surface area contributed by atoms with E-state index in [0.29, 0.717) is 19.3 Å². The van der Waals surface area contributed by atoms with Gasteiger partial charge < -0.3 is 9.64 Å². The maximum Gasteiger partial charge on any atom is 0.263 e. The number of aldehydes is 1. The number of likely N-dealkylation sites (tertiary alicyclic amines) is 1. The summed E-state index contributed by atoms with van der Waals surface area (Å²) >= 11 is 0. The molecule has 1 fully saturated rings. The highest BCUT2D eigenvalue weighted by Crippen LogP contribution is 2.20. The van der Waals surface area contributed by atoms with E-state index in [0.717, 1.165) is 6.07 Å². The largest absolute Gasteiger partial charge is 0.480 e. The van der Waals surface area contributed by atoms with E-state index in [4.69, 9.17) is 4.74 Å². The Balaban J connectivity index is 2.16. The molecular weight excluding hydrogens is 225 g/mol. The monoisotopic (exact) mass is 237 g/mol. The summed E-state index contributed by atoms with van der Waals surface area (Å²) in [6, 6.07) is 3.70. The zero-order valence-corrected chi connectivity index (χ0v) is 9.35. The first-order valence-corrected chi connectivity index (χ1v) is 5.27. The lowest BCUT2D eigenvalue weighted by atomic mass is 10.2. The highest BCUT2D eigenvalue weighted by molar-refractivity contribution is 5.83. The first kappa shape index (κ1) is 11.6. The van der Waals surface area contributed by atoms with Crippen LogP contribution in [0, 0.1) is 5.82 Å². The van der Waals surface area contributed by atoms with Crippen molar-refractivity contribution in [3.05, 3.63) is 29.6 Å². The van der Waals surface area contributed by atoms with Crippen molar-refractivity contribution >= 4 is 12.2 Å². The maximum atomic E-state index is 13.1. The molecular formula is C12H12FNO3. The summed E-state index contributed by atoms with van der Waals surface area (Å²) in [5.41, 5.74) is 0.193. The van der Waals surface area contributed by atoms with Gasteiger partial charge in [-0.15, -0.1) is 0 Å². The molecule has 0 saturated carbocycles. The van der Waals surface area contributed by atoms with Crippen LogP contribution in [0.4, 0.5) is 4.39 Å². The van der Waals surface area contributed by atoms with E-state index >= 15 is 0 Å². The van der Waals surface area contributed by atoms with E-state index in [1.54, 1.807) is 11.9 Å². The SMILES string of the molecule is CN1CCC(Oc2cc(F)cc(C=O)c2)C1=O. The average Bonchev–Trinajstić information content (AvgIpc) is 2.60. The second kappa shape index (κ2) is 4.53. The minimum absolute atomic E-state index is 0.123. The smallest absolute Gasteiger partial charge is 0.263 e. The molecule has 1 aliphatic heterocycles. The Morgan fingerprint density at radius 2 is 2.24 bits per heavy atom. The molecule has 1 aliphatic rings. The molecule has 1 aromatic carbocycles. The molecule has 1 unspecified atom stereocenters. The van der Waals surface area contributed by atoms with Gasteiger partial charge in [-0.05, 0) is 12.1 Å².